The largest absolute Gasteiger partial charge is 0.758 e. The smallest absolute Gasteiger partial charge is 0.239 e. The highest BCUT2D eigenvalue weighted by Crippen LogP contribution is 2.56. The number of piperidine rings is 1. The Morgan fingerprint density at radius 2 is 1.96 bits per heavy atom. The molecule has 0 spiro atoms. The standard InChI is InChI=1S/C19H21N4O5/c1-19(10-22(26)27)15-14-13(21(2)18(19)24)9-8-12(20-25)17(14)23(28)16(15)11-6-4-3-5-7-11/h3-7,12-14,17H,8-10H2,1-2H3/q-1/t12-,13?,14?,17-,19-/m1/s1. The number of benzene rings is 1. The Morgan fingerprint density at radius 1 is 1.29 bits per heavy atom. The summed E-state index contributed by atoms with van der Waals surface area (Å²) in [6.07, 6.45) is 0.945. The number of rotatable bonds is 4. The van der Waals surface area contributed by atoms with Gasteiger partial charge in [-0.3, -0.25) is 14.9 Å². The van der Waals surface area contributed by atoms with Crippen LogP contribution in [0, 0.1) is 31.6 Å². The summed E-state index contributed by atoms with van der Waals surface area (Å²) in [7, 11) is 1.63. The van der Waals surface area contributed by atoms with Crippen LogP contribution in [-0.4, -0.2) is 52.5 Å². The van der Waals surface area contributed by atoms with E-state index in [4.69, 9.17) is 0 Å². The molecule has 3 aliphatic rings. The maximum atomic E-state index is 13.4. The van der Waals surface area contributed by atoms with Crippen molar-refractivity contribution in [2.45, 2.75) is 37.9 Å². The van der Waals surface area contributed by atoms with Crippen molar-refractivity contribution in [3.63, 3.8) is 0 Å². The fourth-order valence-corrected chi connectivity index (χ4v) is 5.37. The van der Waals surface area contributed by atoms with Crippen LogP contribution in [0.5, 0.6) is 0 Å². The van der Waals surface area contributed by atoms with E-state index in [0.29, 0.717) is 24.0 Å². The number of likely N-dealkylation sites (tertiary alicyclic amines) is 1. The van der Waals surface area contributed by atoms with Crippen molar-refractivity contribution < 1.29 is 9.72 Å². The molecule has 4 rings (SSSR count). The summed E-state index contributed by atoms with van der Waals surface area (Å²) in [4.78, 5) is 37.2. The zero-order valence-electron chi connectivity index (χ0n) is 15.6. The van der Waals surface area contributed by atoms with Crippen LogP contribution < -0.4 is 0 Å². The molecule has 28 heavy (non-hydrogen) atoms. The second-order valence-corrected chi connectivity index (χ2v) is 8.03. The Hall–Kier alpha value is -2.81. The van der Waals surface area contributed by atoms with Crippen molar-refractivity contribution in [1.29, 1.82) is 0 Å². The summed E-state index contributed by atoms with van der Waals surface area (Å²) >= 11 is 0. The second-order valence-electron chi connectivity index (χ2n) is 8.03. The molecule has 9 nitrogen and oxygen atoms in total. The topological polar surface area (TPSA) is 119 Å². The van der Waals surface area contributed by atoms with Gasteiger partial charge in [-0.05, 0) is 30.9 Å². The monoisotopic (exact) mass is 385 g/mol. The number of hydrogen-bond acceptors (Lipinski definition) is 7. The third-order valence-electron chi connectivity index (χ3n) is 6.53. The molecular weight excluding hydrogens is 364 g/mol. The number of hydrogen-bond donors (Lipinski definition) is 0. The minimum atomic E-state index is -1.45. The van der Waals surface area contributed by atoms with Gasteiger partial charge < -0.3 is 15.2 Å². The lowest BCUT2D eigenvalue weighted by Gasteiger charge is -2.51. The van der Waals surface area contributed by atoms with Crippen molar-refractivity contribution in [2.24, 2.45) is 16.5 Å². The minimum Gasteiger partial charge on any atom is -0.758 e. The van der Waals surface area contributed by atoms with Gasteiger partial charge in [-0.2, -0.15) is 4.91 Å². The Bertz CT molecular complexity index is 872. The van der Waals surface area contributed by atoms with Crippen LogP contribution in [0.25, 0.3) is 5.70 Å². The first kappa shape index (κ1) is 18.5. The molecule has 2 aliphatic heterocycles. The summed E-state index contributed by atoms with van der Waals surface area (Å²) in [6.45, 7) is 0.933. The van der Waals surface area contributed by atoms with Crippen molar-refractivity contribution in [1.82, 2.24) is 9.96 Å². The van der Waals surface area contributed by atoms with Gasteiger partial charge in [0.2, 0.25) is 12.5 Å². The van der Waals surface area contributed by atoms with Crippen LogP contribution in [0.2, 0.25) is 0 Å². The summed E-state index contributed by atoms with van der Waals surface area (Å²) in [6, 6.07) is 7.11. The van der Waals surface area contributed by atoms with Gasteiger partial charge in [0.1, 0.15) is 11.5 Å². The van der Waals surface area contributed by atoms with Crippen LogP contribution in [0.3, 0.4) is 0 Å². The van der Waals surface area contributed by atoms with Gasteiger partial charge in [-0.1, -0.05) is 35.5 Å². The second kappa shape index (κ2) is 6.37. The fraction of sp³-hybridized carbons (Fsp3) is 0.526. The molecule has 1 aliphatic carbocycles. The van der Waals surface area contributed by atoms with Crippen molar-refractivity contribution >= 4 is 11.6 Å². The molecule has 9 heteroatoms. The summed E-state index contributed by atoms with van der Waals surface area (Å²) < 4.78 is 0. The molecule has 1 aromatic carbocycles. The third-order valence-corrected chi connectivity index (χ3v) is 6.53. The molecule has 0 aromatic heterocycles. The zero-order valence-corrected chi connectivity index (χ0v) is 15.6. The van der Waals surface area contributed by atoms with Crippen LogP contribution in [-0.2, 0) is 4.79 Å². The average molecular weight is 385 g/mol. The van der Waals surface area contributed by atoms with E-state index in [1.807, 2.05) is 0 Å². The molecule has 1 saturated carbocycles. The van der Waals surface area contributed by atoms with Gasteiger partial charge in [-0.25, -0.2) is 0 Å². The Labute approximate surface area is 161 Å². The average Bonchev–Trinajstić information content (AvgIpc) is 2.99. The Morgan fingerprint density at radius 3 is 2.57 bits per heavy atom. The van der Waals surface area contributed by atoms with Crippen molar-refractivity contribution in [2.75, 3.05) is 13.6 Å². The Kier molecular flexibility index (Phi) is 4.22. The molecule has 0 radical (unpaired) electrons. The van der Waals surface area contributed by atoms with Crippen LogP contribution in [0.1, 0.15) is 25.3 Å². The fourth-order valence-electron chi connectivity index (χ4n) is 5.37. The molecule has 5 atom stereocenters. The number of carbonyl (C=O) groups excluding carboxylic acids is 1. The Balaban J connectivity index is 1.99. The molecule has 0 N–H and O–H groups in total. The molecule has 1 amide bonds. The first-order valence-corrected chi connectivity index (χ1v) is 9.29. The molecule has 2 heterocycles. The van der Waals surface area contributed by atoms with Gasteiger partial charge in [0, 0.05) is 29.6 Å². The van der Waals surface area contributed by atoms with E-state index in [2.05, 4.69) is 5.18 Å². The van der Waals surface area contributed by atoms with E-state index in [1.54, 1.807) is 37.4 Å². The lowest BCUT2D eigenvalue weighted by atomic mass is 9.63. The van der Waals surface area contributed by atoms with Gasteiger partial charge in [0.25, 0.3) is 0 Å². The maximum Gasteiger partial charge on any atom is 0.239 e. The number of nitro groups is 1. The first-order valence-electron chi connectivity index (χ1n) is 9.29. The van der Waals surface area contributed by atoms with E-state index in [-0.39, 0.29) is 17.6 Å². The van der Waals surface area contributed by atoms with Gasteiger partial charge in [0.05, 0.1) is 6.04 Å². The van der Waals surface area contributed by atoms with E-state index in [1.165, 1.54) is 11.8 Å². The quantitative estimate of drug-likeness (QED) is 0.445. The molecule has 1 saturated heterocycles. The van der Waals surface area contributed by atoms with E-state index >= 15 is 0 Å². The SMILES string of the molecule is CN1C(=O)[C@](C)(C[N+](=O)[O-])C2=C(c3ccccc3)N([O-])[C@H]3C2C1CC[C@H]3N=O. The minimum absolute atomic E-state index is 0.275. The maximum absolute atomic E-state index is 13.4. The van der Waals surface area contributed by atoms with Crippen molar-refractivity contribution in [3.05, 3.63) is 61.7 Å². The highest BCUT2D eigenvalue weighted by Gasteiger charge is 2.62. The highest BCUT2D eigenvalue weighted by atomic mass is 16.6. The van der Waals surface area contributed by atoms with Crippen LogP contribution in [0.15, 0.2) is 41.1 Å². The number of hydroxylamine groups is 2. The molecular formula is C19H21N4O5-. The van der Waals surface area contributed by atoms with E-state index in [0.717, 1.165) is 5.06 Å². The summed E-state index contributed by atoms with van der Waals surface area (Å²) in [5, 5.41) is 28.8. The number of nitrogens with zero attached hydrogens (tertiary/aromatic N) is 4. The highest BCUT2D eigenvalue weighted by molar-refractivity contribution is 5.92. The molecule has 148 valence electrons. The van der Waals surface area contributed by atoms with Crippen molar-refractivity contribution in [3.8, 4) is 0 Å². The zero-order chi connectivity index (χ0) is 20.2. The predicted molar refractivity (Wildman–Crippen MR) is 101 cm³/mol. The summed E-state index contributed by atoms with van der Waals surface area (Å²) in [5.74, 6) is -0.808. The molecule has 2 fully saturated rings. The lowest BCUT2D eigenvalue weighted by Crippen LogP contribution is -2.63. The van der Waals surface area contributed by atoms with Gasteiger partial charge in [0.15, 0.2) is 0 Å². The van der Waals surface area contributed by atoms with Gasteiger partial charge in [-0.15, -0.1) is 0 Å². The molecule has 0 bridgehead atoms. The van der Waals surface area contributed by atoms with E-state index < -0.39 is 34.9 Å². The number of nitroso groups, excluding NO2 is 1. The lowest BCUT2D eigenvalue weighted by molar-refractivity contribution is -0.491. The molecule has 1 aromatic rings. The third kappa shape index (κ3) is 2.39. The summed E-state index contributed by atoms with van der Waals surface area (Å²) in [5.41, 5.74) is -0.0942. The number of amides is 1. The van der Waals surface area contributed by atoms with Crippen LogP contribution in [0.4, 0.5) is 0 Å². The number of carbonyl (C=O) groups is 1. The normalized spacial score (nSPS) is 34.5. The predicted octanol–water partition coefficient (Wildman–Crippen LogP) is 2.25. The van der Waals surface area contributed by atoms with Gasteiger partial charge >= 0.3 is 0 Å². The van der Waals surface area contributed by atoms with E-state index in [9.17, 15) is 25.0 Å². The van der Waals surface area contributed by atoms with Crippen LogP contribution >= 0.6 is 0 Å². The first-order chi connectivity index (χ1) is 13.3. The molecule has 2 unspecified atom stereocenters.